The minimum Gasteiger partial charge on any atom is -0.497 e. The zero-order valence-electron chi connectivity index (χ0n) is 19.0. The van der Waals surface area contributed by atoms with Crippen LogP contribution in [0.2, 0.25) is 0 Å². The summed E-state index contributed by atoms with van der Waals surface area (Å²) < 4.78 is 24.3. The lowest BCUT2D eigenvalue weighted by Gasteiger charge is -2.11. The van der Waals surface area contributed by atoms with Gasteiger partial charge in [-0.25, -0.2) is 0 Å². The minimum absolute atomic E-state index is 0.526. The molecular weight excluding hydrogens is 444 g/mol. The van der Waals surface area contributed by atoms with Gasteiger partial charge in [0.2, 0.25) is 0 Å². The summed E-state index contributed by atoms with van der Waals surface area (Å²) >= 11 is 1.67. The van der Waals surface area contributed by atoms with E-state index in [9.17, 15) is 0 Å². The fraction of sp³-hybridized carbons (Fsp3) is 0.103. The first-order valence-electron chi connectivity index (χ1n) is 10.9. The van der Waals surface area contributed by atoms with E-state index in [1.807, 2.05) is 91.0 Å². The van der Waals surface area contributed by atoms with E-state index in [0.29, 0.717) is 6.61 Å². The first kappa shape index (κ1) is 21.9. The highest BCUT2D eigenvalue weighted by molar-refractivity contribution is 7.22. The molecule has 1 heterocycles. The van der Waals surface area contributed by atoms with E-state index in [4.69, 9.17) is 18.9 Å². The molecule has 0 saturated carbocycles. The molecular formula is C29H24O4S. The maximum Gasteiger partial charge on any atom is 0.153 e. The molecule has 0 saturated heterocycles. The molecule has 4 aromatic carbocycles. The molecule has 0 spiro atoms. The van der Waals surface area contributed by atoms with Gasteiger partial charge in [0.25, 0.3) is 0 Å². The number of fused-ring (bicyclic) bond motifs is 1. The second-order valence-corrected chi connectivity index (χ2v) is 8.75. The summed E-state index contributed by atoms with van der Waals surface area (Å²) in [6.45, 7) is 0.526. The molecule has 0 aliphatic heterocycles. The SMILES string of the molecule is COc1cccc(-c2sc3cc(OC)ccc3c2Oc2ccc(OCc3ccccc3)cc2)c1. The Morgan fingerprint density at radius 3 is 2.12 bits per heavy atom. The van der Waals surface area contributed by atoms with Crippen molar-refractivity contribution in [3.8, 4) is 39.2 Å². The molecule has 5 aromatic rings. The fourth-order valence-electron chi connectivity index (χ4n) is 3.70. The number of ether oxygens (including phenoxy) is 4. The Morgan fingerprint density at radius 2 is 1.35 bits per heavy atom. The van der Waals surface area contributed by atoms with Crippen LogP contribution in [0.15, 0.2) is 97.1 Å². The van der Waals surface area contributed by atoms with Gasteiger partial charge in [0.1, 0.15) is 29.6 Å². The quantitative estimate of drug-likeness (QED) is 0.231. The highest BCUT2D eigenvalue weighted by Gasteiger charge is 2.17. The van der Waals surface area contributed by atoms with Crippen LogP contribution >= 0.6 is 11.3 Å². The Morgan fingerprint density at radius 1 is 0.647 bits per heavy atom. The van der Waals surface area contributed by atoms with Crippen molar-refractivity contribution < 1.29 is 18.9 Å². The average Bonchev–Trinajstić information content (AvgIpc) is 3.26. The van der Waals surface area contributed by atoms with Crippen molar-refractivity contribution >= 4 is 21.4 Å². The van der Waals surface area contributed by atoms with Crippen LogP contribution < -0.4 is 18.9 Å². The Labute approximate surface area is 202 Å². The van der Waals surface area contributed by atoms with Crippen molar-refractivity contribution in [2.24, 2.45) is 0 Å². The molecule has 0 radical (unpaired) electrons. The molecule has 4 nitrogen and oxygen atoms in total. The molecule has 5 heteroatoms. The van der Waals surface area contributed by atoms with E-state index in [0.717, 1.165) is 54.8 Å². The van der Waals surface area contributed by atoms with Gasteiger partial charge >= 0.3 is 0 Å². The second kappa shape index (κ2) is 9.89. The van der Waals surface area contributed by atoms with Gasteiger partial charge in [-0.1, -0.05) is 42.5 Å². The van der Waals surface area contributed by atoms with Crippen molar-refractivity contribution in [3.63, 3.8) is 0 Å². The summed E-state index contributed by atoms with van der Waals surface area (Å²) in [6, 6.07) is 31.9. The maximum atomic E-state index is 6.46. The molecule has 0 fully saturated rings. The molecule has 170 valence electrons. The Bertz CT molecular complexity index is 1390. The second-order valence-electron chi connectivity index (χ2n) is 7.70. The van der Waals surface area contributed by atoms with Crippen molar-refractivity contribution in [2.75, 3.05) is 14.2 Å². The Hall–Kier alpha value is -3.96. The normalized spacial score (nSPS) is 10.8. The van der Waals surface area contributed by atoms with E-state index in [1.54, 1.807) is 25.6 Å². The zero-order valence-corrected chi connectivity index (χ0v) is 19.8. The minimum atomic E-state index is 0.526. The molecule has 0 aliphatic carbocycles. The fourth-order valence-corrected chi connectivity index (χ4v) is 4.85. The predicted octanol–water partition coefficient (Wildman–Crippen LogP) is 7.96. The van der Waals surface area contributed by atoms with Crippen LogP contribution in [0.3, 0.4) is 0 Å². The van der Waals surface area contributed by atoms with Gasteiger partial charge in [0.15, 0.2) is 5.75 Å². The summed E-state index contributed by atoms with van der Waals surface area (Å²) in [5.74, 6) is 3.97. The summed E-state index contributed by atoms with van der Waals surface area (Å²) in [5, 5.41) is 1.04. The number of methoxy groups -OCH3 is 2. The van der Waals surface area contributed by atoms with Crippen molar-refractivity contribution in [1.82, 2.24) is 0 Å². The van der Waals surface area contributed by atoms with Crippen LogP contribution in [0, 0.1) is 0 Å². The van der Waals surface area contributed by atoms with Crippen LogP contribution in [0.4, 0.5) is 0 Å². The molecule has 0 amide bonds. The zero-order chi connectivity index (χ0) is 23.3. The van der Waals surface area contributed by atoms with Gasteiger partial charge in [0.05, 0.1) is 19.1 Å². The number of rotatable bonds is 8. The third kappa shape index (κ3) is 4.70. The monoisotopic (exact) mass is 468 g/mol. The van der Waals surface area contributed by atoms with E-state index >= 15 is 0 Å². The third-order valence-corrected chi connectivity index (χ3v) is 6.66. The molecule has 0 aliphatic rings. The largest absolute Gasteiger partial charge is 0.497 e. The van der Waals surface area contributed by atoms with Gasteiger partial charge < -0.3 is 18.9 Å². The van der Waals surface area contributed by atoms with E-state index in [2.05, 4.69) is 6.07 Å². The van der Waals surface area contributed by atoms with E-state index in [-0.39, 0.29) is 0 Å². The first-order valence-corrected chi connectivity index (χ1v) is 11.7. The van der Waals surface area contributed by atoms with Gasteiger partial charge in [-0.15, -0.1) is 11.3 Å². The van der Waals surface area contributed by atoms with Crippen LogP contribution in [-0.4, -0.2) is 14.2 Å². The number of thiophene rings is 1. The predicted molar refractivity (Wildman–Crippen MR) is 138 cm³/mol. The van der Waals surface area contributed by atoms with Crippen molar-refractivity contribution in [1.29, 1.82) is 0 Å². The van der Waals surface area contributed by atoms with Crippen LogP contribution in [-0.2, 0) is 6.61 Å². The molecule has 0 bridgehead atoms. The first-order chi connectivity index (χ1) is 16.7. The lowest BCUT2D eigenvalue weighted by atomic mass is 10.1. The van der Waals surface area contributed by atoms with Crippen molar-refractivity contribution in [3.05, 3.63) is 103 Å². The summed E-state index contributed by atoms with van der Waals surface area (Å²) in [4.78, 5) is 1.03. The smallest absolute Gasteiger partial charge is 0.153 e. The van der Waals surface area contributed by atoms with Crippen molar-refractivity contribution in [2.45, 2.75) is 6.61 Å². The molecule has 0 N–H and O–H groups in total. The van der Waals surface area contributed by atoms with Crippen LogP contribution in [0.5, 0.6) is 28.7 Å². The average molecular weight is 469 g/mol. The molecule has 0 unspecified atom stereocenters. The molecule has 34 heavy (non-hydrogen) atoms. The number of benzene rings is 4. The third-order valence-electron chi connectivity index (χ3n) is 5.48. The molecule has 1 aromatic heterocycles. The highest BCUT2D eigenvalue weighted by atomic mass is 32.1. The van der Waals surface area contributed by atoms with Gasteiger partial charge in [-0.2, -0.15) is 0 Å². The maximum absolute atomic E-state index is 6.46. The summed E-state index contributed by atoms with van der Waals surface area (Å²) in [6.07, 6.45) is 0. The van der Waals surface area contributed by atoms with Gasteiger partial charge in [-0.05, 0) is 65.7 Å². The Kier molecular flexibility index (Phi) is 6.36. The summed E-state index contributed by atoms with van der Waals surface area (Å²) in [7, 11) is 3.35. The number of hydrogen-bond acceptors (Lipinski definition) is 5. The summed E-state index contributed by atoms with van der Waals surface area (Å²) in [5.41, 5.74) is 2.17. The highest BCUT2D eigenvalue weighted by Crippen LogP contribution is 2.47. The van der Waals surface area contributed by atoms with E-state index in [1.165, 1.54) is 0 Å². The number of hydrogen-bond donors (Lipinski definition) is 0. The van der Waals surface area contributed by atoms with Crippen LogP contribution in [0.25, 0.3) is 20.5 Å². The van der Waals surface area contributed by atoms with Gasteiger partial charge in [0, 0.05) is 10.1 Å². The molecule has 5 rings (SSSR count). The van der Waals surface area contributed by atoms with Crippen LogP contribution in [0.1, 0.15) is 5.56 Å². The molecule has 0 atom stereocenters. The Balaban J connectivity index is 1.45. The topological polar surface area (TPSA) is 36.9 Å². The lowest BCUT2D eigenvalue weighted by molar-refractivity contribution is 0.306. The van der Waals surface area contributed by atoms with E-state index < -0.39 is 0 Å². The standard InChI is InChI=1S/C29H24O4S/c1-30-24-10-6-9-21(17-24)29-28(26-16-15-25(31-2)18-27(26)34-29)33-23-13-11-22(12-14-23)32-19-20-7-4-3-5-8-20/h3-18H,19H2,1-2H3. The lowest BCUT2D eigenvalue weighted by Crippen LogP contribution is -1.94. The van der Waals surface area contributed by atoms with Gasteiger partial charge in [-0.3, -0.25) is 0 Å².